The van der Waals surface area contributed by atoms with Crippen molar-refractivity contribution in [1.82, 2.24) is 19.1 Å². The lowest BCUT2D eigenvalue weighted by atomic mass is 10.1. The molecule has 1 aliphatic rings. The summed E-state index contributed by atoms with van der Waals surface area (Å²) in [5, 5.41) is 6.23. The first-order chi connectivity index (χ1) is 14.0. The molecular formula is C19H22N4O4S2. The van der Waals surface area contributed by atoms with Crippen LogP contribution >= 0.6 is 11.3 Å². The van der Waals surface area contributed by atoms with Crippen molar-refractivity contribution in [2.24, 2.45) is 0 Å². The lowest BCUT2D eigenvalue weighted by Gasteiger charge is -2.15. The molecule has 1 atom stereocenters. The first-order valence-electron chi connectivity index (χ1n) is 9.31. The third kappa shape index (κ3) is 4.29. The summed E-state index contributed by atoms with van der Waals surface area (Å²) in [4.78, 5) is 12.8. The van der Waals surface area contributed by atoms with Crippen molar-refractivity contribution in [3.05, 3.63) is 63.7 Å². The van der Waals surface area contributed by atoms with Gasteiger partial charge in [0.2, 0.25) is 10.0 Å². The highest BCUT2D eigenvalue weighted by molar-refractivity contribution is 7.91. The Hall–Kier alpha value is -2.43. The fourth-order valence-electron chi connectivity index (χ4n) is 3.49. The van der Waals surface area contributed by atoms with E-state index in [-0.39, 0.29) is 11.7 Å². The third-order valence-corrected chi connectivity index (χ3v) is 7.88. The topological polar surface area (TPSA) is 95.2 Å². The van der Waals surface area contributed by atoms with Crippen molar-refractivity contribution in [2.75, 3.05) is 7.11 Å². The van der Waals surface area contributed by atoms with Crippen molar-refractivity contribution in [2.45, 2.75) is 42.6 Å². The first-order valence-corrected chi connectivity index (χ1v) is 11.7. The van der Waals surface area contributed by atoms with E-state index < -0.39 is 10.0 Å². The summed E-state index contributed by atoms with van der Waals surface area (Å²) >= 11 is 1.19. The van der Waals surface area contributed by atoms with E-state index in [1.165, 1.54) is 16.0 Å². The van der Waals surface area contributed by atoms with E-state index in [9.17, 15) is 13.2 Å². The molecule has 0 aliphatic carbocycles. The van der Waals surface area contributed by atoms with Crippen LogP contribution in [0.3, 0.4) is 0 Å². The quantitative estimate of drug-likeness (QED) is 0.639. The van der Waals surface area contributed by atoms with E-state index in [1.54, 1.807) is 29.2 Å². The summed E-state index contributed by atoms with van der Waals surface area (Å²) in [7, 11) is -1.92. The summed E-state index contributed by atoms with van der Waals surface area (Å²) in [5.41, 5.74) is 0.755. The average molecular weight is 435 g/mol. The van der Waals surface area contributed by atoms with Gasteiger partial charge in [-0.2, -0.15) is 5.10 Å². The number of fused-ring (bicyclic) bond motifs is 1. The number of thiophene rings is 1. The summed E-state index contributed by atoms with van der Waals surface area (Å²) < 4.78 is 36.3. The maximum absolute atomic E-state index is 12.8. The van der Waals surface area contributed by atoms with Gasteiger partial charge in [0.05, 0.1) is 13.7 Å². The molecule has 1 aliphatic heterocycles. The van der Waals surface area contributed by atoms with Gasteiger partial charge in [-0.3, -0.25) is 4.57 Å². The van der Waals surface area contributed by atoms with Crippen LogP contribution in [0, 0.1) is 0 Å². The van der Waals surface area contributed by atoms with Crippen molar-refractivity contribution in [1.29, 1.82) is 0 Å². The highest BCUT2D eigenvalue weighted by Gasteiger charge is 2.25. The van der Waals surface area contributed by atoms with E-state index >= 15 is 0 Å². The molecule has 1 aromatic carbocycles. The van der Waals surface area contributed by atoms with Crippen LogP contribution in [0.25, 0.3) is 0 Å². The second-order valence-electron chi connectivity index (χ2n) is 6.94. The number of rotatable bonds is 6. The Morgan fingerprint density at radius 1 is 1.28 bits per heavy atom. The van der Waals surface area contributed by atoms with Crippen LogP contribution in [0.4, 0.5) is 0 Å². The fourth-order valence-corrected chi connectivity index (χ4v) is 5.80. The smallest absolute Gasteiger partial charge is 0.346 e. The van der Waals surface area contributed by atoms with Gasteiger partial charge in [-0.05, 0) is 42.0 Å². The van der Waals surface area contributed by atoms with E-state index in [1.807, 2.05) is 24.3 Å². The Labute approximate surface area is 172 Å². The molecule has 2 aromatic heterocycles. The Bertz CT molecular complexity index is 1150. The molecule has 29 heavy (non-hydrogen) atoms. The molecule has 0 saturated carbocycles. The van der Waals surface area contributed by atoms with E-state index in [2.05, 4.69) is 9.82 Å². The molecule has 0 bridgehead atoms. The average Bonchev–Trinajstić information content (AvgIpc) is 3.30. The van der Waals surface area contributed by atoms with Crippen LogP contribution in [0.1, 0.15) is 24.2 Å². The molecule has 0 radical (unpaired) electrons. The van der Waals surface area contributed by atoms with Gasteiger partial charge in [-0.25, -0.2) is 22.6 Å². The number of sulfonamides is 1. The zero-order chi connectivity index (χ0) is 20.4. The number of nitrogens with one attached hydrogen (secondary N) is 1. The van der Waals surface area contributed by atoms with Crippen LogP contribution in [-0.4, -0.2) is 35.9 Å². The number of methoxy groups -OCH3 is 1. The fraction of sp³-hybridized carbons (Fsp3) is 0.368. The van der Waals surface area contributed by atoms with Gasteiger partial charge < -0.3 is 4.74 Å². The normalized spacial score (nSPS) is 16.9. The highest BCUT2D eigenvalue weighted by atomic mass is 32.2. The van der Waals surface area contributed by atoms with Gasteiger partial charge in [0, 0.05) is 19.0 Å². The minimum atomic E-state index is -3.53. The molecule has 1 N–H and O–H groups in total. The summed E-state index contributed by atoms with van der Waals surface area (Å²) in [6, 6.07) is 10.6. The molecule has 3 aromatic rings. The van der Waals surface area contributed by atoms with Crippen molar-refractivity contribution < 1.29 is 13.2 Å². The molecule has 0 amide bonds. The summed E-state index contributed by atoms with van der Waals surface area (Å²) in [6.07, 6.45) is 1.68. The molecule has 0 saturated heterocycles. The second kappa shape index (κ2) is 8.13. The predicted octanol–water partition coefficient (Wildman–Crippen LogP) is 1.85. The number of aryl methyl sites for hydroxylation is 1. The van der Waals surface area contributed by atoms with Gasteiger partial charge in [-0.1, -0.05) is 18.2 Å². The van der Waals surface area contributed by atoms with Crippen molar-refractivity contribution in [3.63, 3.8) is 0 Å². The minimum absolute atomic E-state index is 0.176. The van der Waals surface area contributed by atoms with Gasteiger partial charge in [0.1, 0.15) is 15.8 Å². The number of ether oxygens (including phenoxy) is 1. The standard InChI is InChI=1S/C19H22N4O4S2/c1-27-16-5-2-4-14(12-16)13-23-19(24)22-10-9-15(7-8-17(22)20-23)21-29(25,26)18-6-3-11-28-18/h2-6,11-12,15,21H,7-10,13H2,1H3. The van der Waals surface area contributed by atoms with Crippen LogP contribution < -0.4 is 15.1 Å². The molecule has 1 unspecified atom stereocenters. The van der Waals surface area contributed by atoms with Crippen LogP contribution in [-0.2, 0) is 29.5 Å². The Morgan fingerprint density at radius 3 is 2.90 bits per heavy atom. The molecule has 0 spiro atoms. The van der Waals surface area contributed by atoms with Crippen LogP contribution in [0.5, 0.6) is 5.75 Å². The van der Waals surface area contributed by atoms with Crippen LogP contribution in [0.2, 0.25) is 0 Å². The summed E-state index contributed by atoms with van der Waals surface area (Å²) in [5.74, 6) is 1.42. The van der Waals surface area contributed by atoms with E-state index in [0.717, 1.165) is 11.3 Å². The van der Waals surface area contributed by atoms with E-state index in [0.29, 0.717) is 42.4 Å². The largest absolute Gasteiger partial charge is 0.497 e. The van der Waals surface area contributed by atoms with Crippen LogP contribution in [0.15, 0.2) is 50.8 Å². The first kappa shape index (κ1) is 19.9. The maximum Gasteiger partial charge on any atom is 0.346 e. The number of hydrogen-bond acceptors (Lipinski definition) is 6. The molecule has 8 nitrogen and oxygen atoms in total. The van der Waals surface area contributed by atoms with Gasteiger partial charge in [-0.15, -0.1) is 11.3 Å². The third-order valence-electron chi connectivity index (χ3n) is 4.97. The second-order valence-corrected chi connectivity index (χ2v) is 9.83. The molecule has 154 valence electrons. The molecule has 10 heteroatoms. The Kier molecular flexibility index (Phi) is 5.57. The Morgan fingerprint density at radius 2 is 2.14 bits per heavy atom. The number of aromatic nitrogens is 3. The zero-order valence-corrected chi connectivity index (χ0v) is 17.6. The molecule has 0 fully saturated rings. The number of nitrogens with zero attached hydrogens (tertiary/aromatic N) is 3. The molecule has 4 rings (SSSR count). The lowest BCUT2D eigenvalue weighted by Crippen LogP contribution is -2.35. The highest BCUT2D eigenvalue weighted by Crippen LogP contribution is 2.19. The SMILES string of the molecule is COc1cccc(Cn2nc3n(c2=O)CCC(NS(=O)(=O)c2cccs2)CC3)c1. The number of benzene rings is 1. The van der Waals surface area contributed by atoms with Gasteiger partial charge in [0.25, 0.3) is 0 Å². The van der Waals surface area contributed by atoms with Gasteiger partial charge >= 0.3 is 5.69 Å². The van der Waals surface area contributed by atoms with Crippen molar-refractivity contribution >= 4 is 21.4 Å². The Balaban J connectivity index is 1.47. The monoisotopic (exact) mass is 434 g/mol. The maximum atomic E-state index is 12.8. The van der Waals surface area contributed by atoms with Crippen molar-refractivity contribution in [3.8, 4) is 5.75 Å². The molecular weight excluding hydrogens is 412 g/mol. The number of hydrogen-bond donors (Lipinski definition) is 1. The predicted molar refractivity (Wildman–Crippen MR) is 110 cm³/mol. The molecule has 3 heterocycles. The minimum Gasteiger partial charge on any atom is -0.497 e. The van der Waals surface area contributed by atoms with Gasteiger partial charge in [0.15, 0.2) is 0 Å². The van der Waals surface area contributed by atoms with E-state index in [4.69, 9.17) is 4.74 Å². The lowest BCUT2D eigenvalue weighted by molar-refractivity contribution is 0.414. The zero-order valence-electron chi connectivity index (χ0n) is 15.9. The summed E-state index contributed by atoms with van der Waals surface area (Å²) in [6.45, 7) is 0.800.